The van der Waals surface area contributed by atoms with Crippen LogP contribution >= 0.6 is 23.2 Å². The molecule has 0 bridgehead atoms. The molecule has 0 aromatic heterocycles. The number of amides is 1. The van der Waals surface area contributed by atoms with Crippen LogP contribution in [0.25, 0.3) is 0 Å². The molecule has 0 saturated heterocycles. The van der Waals surface area contributed by atoms with Gasteiger partial charge in [0.1, 0.15) is 27.6 Å². The third kappa shape index (κ3) is 6.67. The minimum atomic E-state index is -5.04. The van der Waals surface area contributed by atoms with E-state index in [1.54, 1.807) is 0 Å². The molecular formula is C28H16Cl2F9NO3. The highest BCUT2D eigenvalue weighted by atomic mass is 35.5. The lowest BCUT2D eigenvalue weighted by Gasteiger charge is -2.11. The third-order valence-electron chi connectivity index (χ3n) is 6.74. The Morgan fingerprint density at radius 3 is 2.12 bits per heavy atom. The van der Waals surface area contributed by atoms with E-state index in [0.29, 0.717) is 18.2 Å². The van der Waals surface area contributed by atoms with Gasteiger partial charge in [0.25, 0.3) is 6.43 Å². The van der Waals surface area contributed by atoms with E-state index in [4.69, 9.17) is 23.2 Å². The van der Waals surface area contributed by atoms with E-state index in [0.717, 1.165) is 30.3 Å². The SMILES string of the molecule is O=C(Cc1c(F)ccc(CC(=O)C(F)F)c1F)c1cc(NC(=O)[C@H]2[C@H](c3ccc(F)c(C(F)(F)F)c3)C2(Cl)Cl)ccc1F. The molecule has 4 nitrogen and oxygen atoms in total. The monoisotopic (exact) mass is 655 g/mol. The molecule has 1 N–H and O–H groups in total. The van der Waals surface area contributed by atoms with Gasteiger partial charge < -0.3 is 5.32 Å². The summed E-state index contributed by atoms with van der Waals surface area (Å²) in [5.41, 5.74) is -4.27. The number of ketones is 2. The van der Waals surface area contributed by atoms with Crippen molar-refractivity contribution in [3.8, 4) is 0 Å². The molecule has 4 rings (SSSR count). The van der Waals surface area contributed by atoms with Gasteiger partial charge in [-0.15, -0.1) is 23.2 Å². The van der Waals surface area contributed by atoms with Crippen LogP contribution in [0, 0.1) is 29.2 Å². The van der Waals surface area contributed by atoms with E-state index in [2.05, 4.69) is 5.32 Å². The zero-order valence-electron chi connectivity index (χ0n) is 21.1. The van der Waals surface area contributed by atoms with Gasteiger partial charge in [-0.3, -0.25) is 14.4 Å². The molecule has 1 saturated carbocycles. The quantitative estimate of drug-likeness (QED) is 0.147. The number of alkyl halides is 7. The normalized spacial score (nSPS) is 17.6. The lowest BCUT2D eigenvalue weighted by atomic mass is 9.97. The van der Waals surface area contributed by atoms with Crippen LogP contribution in [0.3, 0.4) is 0 Å². The highest BCUT2D eigenvalue weighted by molar-refractivity contribution is 6.53. The van der Waals surface area contributed by atoms with Crippen LogP contribution in [-0.4, -0.2) is 28.2 Å². The molecule has 0 heterocycles. The van der Waals surface area contributed by atoms with Gasteiger partial charge in [0.2, 0.25) is 11.7 Å². The summed E-state index contributed by atoms with van der Waals surface area (Å²) >= 11 is 12.3. The van der Waals surface area contributed by atoms with Gasteiger partial charge in [-0.25, -0.2) is 26.3 Å². The second-order valence-corrected chi connectivity index (χ2v) is 11.0. The summed E-state index contributed by atoms with van der Waals surface area (Å²) in [6.45, 7) is 0. The number of benzene rings is 3. The van der Waals surface area contributed by atoms with E-state index >= 15 is 0 Å². The van der Waals surface area contributed by atoms with E-state index in [1.165, 1.54) is 0 Å². The molecule has 228 valence electrons. The highest BCUT2D eigenvalue weighted by Crippen LogP contribution is 2.65. The lowest BCUT2D eigenvalue weighted by molar-refractivity contribution is -0.140. The van der Waals surface area contributed by atoms with Crippen molar-refractivity contribution < 1.29 is 53.9 Å². The number of hydrogen-bond acceptors (Lipinski definition) is 3. The number of halogens is 11. The van der Waals surface area contributed by atoms with Crippen molar-refractivity contribution >= 4 is 46.4 Å². The Balaban J connectivity index is 1.53. The number of carbonyl (C=O) groups is 3. The molecule has 0 unspecified atom stereocenters. The van der Waals surface area contributed by atoms with E-state index < -0.39 is 105 Å². The van der Waals surface area contributed by atoms with Gasteiger partial charge in [0.15, 0.2) is 5.78 Å². The van der Waals surface area contributed by atoms with E-state index in [9.17, 15) is 53.9 Å². The van der Waals surface area contributed by atoms with Crippen LogP contribution in [0.5, 0.6) is 0 Å². The summed E-state index contributed by atoms with van der Waals surface area (Å²) in [5, 5.41) is 2.29. The van der Waals surface area contributed by atoms with Crippen LogP contribution < -0.4 is 5.32 Å². The molecule has 1 aliphatic carbocycles. The first-order valence-corrected chi connectivity index (χ1v) is 12.8. The van der Waals surface area contributed by atoms with Crippen LogP contribution in [0.2, 0.25) is 0 Å². The van der Waals surface area contributed by atoms with Crippen molar-refractivity contribution in [1.29, 1.82) is 0 Å². The Kier molecular flexibility index (Phi) is 8.90. The zero-order valence-corrected chi connectivity index (χ0v) is 22.7. The molecule has 0 radical (unpaired) electrons. The summed E-state index contributed by atoms with van der Waals surface area (Å²) < 4.78 is 120. The van der Waals surface area contributed by atoms with Gasteiger partial charge in [0, 0.05) is 30.0 Å². The summed E-state index contributed by atoms with van der Waals surface area (Å²) in [6.07, 6.45) is -10.6. The molecule has 1 aliphatic rings. The topological polar surface area (TPSA) is 63.2 Å². The molecule has 0 aliphatic heterocycles. The second-order valence-electron chi connectivity index (χ2n) is 9.59. The average Bonchev–Trinajstić information content (AvgIpc) is 3.50. The average molecular weight is 656 g/mol. The Hall–Kier alpha value is -3.58. The van der Waals surface area contributed by atoms with Crippen molar-refractivity contribution in [2.24, 2.45) is 5.92 Å². The maximum absolute atomic E-state index is 14.8. The molecule has 3 aromatic rings. The zero-order chi connectivity index (χ0) is 32.0. The van der Waals surface area contributed by atoms with E-state index in [-0.39, 0.29) is 11.3 Å². The van der Waals surface area contributed by atoms with E-state index in [1.807, 2.05) is 0 Å². The number of hydrogen-bond donors (Lipinski definition) is 1. The predicted molar refractivity (Wildman–Crippen MR) is 136 cm³/mol. The first-order valence-electron chi connectivity index (χ1n) is 12.1. The second kappa shape index (κ2) is 11.8. The van der Waals surface area contributed by atoms with Gasteiger partial charge in [-0.2, -0.15) is 13.2 Å². The minimum Gasteiger partial charge on any atom is -0.326 e. The summed E-state index contributed by atoms with van der Waals surface area (Å²) in [7, 11) is 0. The molecule has 1 amide bonds. The maximum Gasteiger partial charge on any atom is 0.419 e. The van der Waals surface area contributed by atoms with Crippen molar-refractivity contribution in [2.45, 2.75) is 35.7 Å². The smallest absolute Gasteiger partial charge is 0.326 e. The maximum atomic E-state index is 14.8. The summed E-state index contributed by atoms with van der Waals surface area (Å²) in [5.74, 6) is -11.8. The van der Waals surface area contributed by atoms with Crippen LogP contribution in [0.1, 0.15) is 38.5 Å². The molecular weight excluding hydrogens is 640 g/mol. The predicted octanol–water partition coefficient (Wildman–Crippen LogP) is 7.59. The Morgan fingerprint density at radius 2 is 1.49 bits per heavy atom. The van der Waals surface area contributed by atoms with Crippen molar-refractivity contribution in [3.05, 3.63) is 99.6 Å². The van der Waals surface area contributed by atoms with Crippen molar-refractivity contribution in [3.63, 3.8) is 0 Å². The van der Waals surface area contributed by atoms with Crippen LogP contribution in [-0.2, 0) is 28.6 Å². The molecule has 3 aromatic carbocycles. The largest absolute Gasteiger partial charge is 0.419 e. The molecule has 0 spiro atoms. The van der Waals surface area contributed by atoms with Crippen molar-refractivity contribution in [1.82, 2.24) is 0 Å². The Bertz CT molecular complexity index is 1630. The van der Waals surface area contributed by atoms with Gasteiger partial charge in [-0.05, 0) is 47.5 Å². The summed E-state index contributed by atoms with van der Waals surface area (Å²) in [4.78, 5) is 37.0. The van der Waals surface area contributed by atoms with Crippen LogP contribution in [0.15, 0.2) is 48.5 Å². The third-order valence-corrected chi connectivity index (χ3v) is 7.68. The van der Waals surface area contributed by atoms with Crippen molar-refractivity contribution in [2.75, 3.05) is 5.32 Å². The van der Waals surface area contributed by atoms with Gasteiger partial charge in [0.05, 0.1) is 17.0 Å². The number of nitrogens with one attached hydrogen (secondary N) is 1. The summed E-state index contributed by atoms with van der Waals surface area (Å²) in [6, 6.07) is 5.96. The number of Topliss-reactive ketones (excluding diaryl/α,β-unsaturated/α-hetero) is 2. The minimum absolute atomic E-state index is 0.185. The first kappa shape index (κ1) is 32.3. The fraction of sp³-hybridized carbons (Fsp3) is 0.250. The Labute approximate surface area is 246 Å². The first-order chi connectivity index (χ1) is 19.9. The Morgan fingerprint density at radius 1 is 0.860 bits per heavy atom. The van der Waals surface area contributed by atoms with Gasteiger partial charge in [-0.1, -0.05) is 12.1 Å². The number of rotatable bonds is 9. The molecule has 1 fully saturated rings. The molecule has 43 heavy (non-hydrogen) atoms. The highest BCUT2D eigenvalue weighted by Gasteiger charge is 2.67. The molecule has 15 heteroatoms. The standard InChI is InChI=1S/C28H16Cl2F9NO3/c29-27(30)22(11-1-5-19(33)16(7-11)28(37,38)39)23(27)26(43)40-13-3-6-17(31)14(9-13)20(41)10-15-18(32)4-2-12(24(15)34)8-21(42)25(35)36/h1-7,9,22-23,25H,8,10H2,(H,40,43)/t22-,23+/m0/s1. The van der Waals surface area contributed by atoms with Gasteiger partial charge >= 0.3 is 6.18 Å². The number of anilines is 1. The molecule has 2 atom stereocenters. The number of carbonyl (C=O) groups excluding carboxylic acids is 3. The fourth-order valence-corrected chi connectivity index (χ4v) is 5.35. The van der Waals surface area contributed by atoms with Crippen LogP contribution in [0.4, 0.5) is 45.2 Å². The lowest BCUT2D eigenvalue weighted by Crippen LogP contribution is -2.18. The fourth-order valence-electron chi connectivity index (χ4n) is 4.52.